The Labute approximate surface area is 127 Å². The Morgan fingerprint density at radius 2 is 1.67 bits per heavy atom. The second-order valence-corrected chi connectivity index (χ2v) is 7.46. The Morgan fingerprint density at radius 1 is 1.10 bits per heavy atom. The predicted octanol–water partition coefficient (Wildman–Crippen LogP) is 4.13. The van der Waals surface area contributed by atoms with Gasteiger partial charge >= 0.3 is 0 Å². The zero-order chi connectivity index (χ0) is 15.6. The number of nitrogens with two attached hydrogens (primary N) is 1. The van der Waals surface area contributed by atoms with Crippen molar-refractivity contribution in [1.29, 1.82) is 0 Å². The highest BCUT2D eigenvalue weighted by Gasteiger charge is 2.66. The highest BCUT2D eigenvalue weighted by Crippen LogP contribution is 2.74. The summed E-state index contributed by atoms with van der Waals surface area (Å²) in [5.41, 5.74) is 11.6. The Morgan fingerprint density at radius 3 is 2.19 bits per heavy atom. The van der Waals surface area contributed by atoms with E-state index < -0.39 is 0 Å². The molecule has 0 amide bonds. The minimum atomic E-state index is 0.255. The molecule has 1 aliphatic carbocycles. The van der Waals surface area contributed by atoms with Gasteiger partial charge < -0.3 is 5.73 Å². The number of hydrogen-bond donors (Lipinski definition) is 1. The summed E-state index contributed by atoms with van der Waals surface area (Å²) in [6, 6.07) is 8.42. The average molecular weight is 283 g/mol. The topological polar surface area (TPSA) is 43.8 Å². The van der Waals surface area contributed by atoms with Gasteiger partial charge in [0.15, 0.2) is 0 Å². The second kappa shape index (κ2) is 4.12. The van der Waals surface area contributed by atoms with E-state index in [1.807, 2.05) is 11.7 Å². The van der Waals surface area contributed by atoms with Gasteiger partial charge in [-0.05, 0) is 28.9 Å². The molecule has 0 unspecified atom stereocenters. The fourth-order valence-corrected chi connectivity index (χ4v) is 3.77. The average Bonchev–Trinajstić information content (AvgIpc) is 2.64. The molecule has 21 heavy (non-hydrogen) atoms. The lowest BCUT2D eigenvalue weighted by Crippen LogP contribution is -1.98. The van der Waals surface area contributed by atoms with Crippen molar-refractivity contribution in [2.24, 2.45) is 17.9 Å². The van der Waals surface area contributed by atoms with E-state index in [1.54, 1.807) is 0 Å². The molecule has 2 N–H and O–H groups in total. The Hall–Kier alpha value is -1.77. The summed E-state index contributed by atoms with van der Waals surface area (Å²) in [4.78, 5) is 0. The van der Waals surface area contributed by atoms with Gasteiger partial charge in [0, 0.05) is 18.5 Å². The number of rotatable bonds is 2. The Kier molecular flexibility index (Phi) is 2.78. The molecule has 1 fully saturated rings. The maximum Gasteiger partial charge on any atom is 0.129 e. The lowest BCUT2D eigenvalue weighted by Gasteiger charge is -2.08. The van der Waals surface area contributed by atoms with Crippen LogP contribution in [0.15, 0.2) is 24.3 Å². The molecule has 0 aliphatic heterocycles. The Bertz CT molecular complexity index is 693. The van der Waals surface area contributed by atoms with Crippen LogP contribution in [0.25, 0.3) is 11.1 Å². The molecule has 0 atom stereocenters. The minimum absolute atomic E-state index is 0.255. The summed E-state index contributed by atoms with van der Waals surface area (Å²) in [6.45, 7) is 11.4. The number of nitrogen functional groups attached to an aromatic ring is 1. The van der Waals surface area contributed by atoms with Crippen LogP contribution in [0.3, 0.4) is 0 Å². The minimum Gasteiger partial charge on any atom is -0.383 e. The second-order valence-electron chi connectivity index (χ2n) is 7.46. The van der Waals surface area contributed by atoms with Crippen LogP contribution in [-0.2, 0) is 7.05 Å². The summed E-state index contributed by atoms with van der Waals surface area (Å²) >= 11 is 0. The van der Waals surface area contributed by atoms with Crippen LogP contribution < -0.4 is 5.73 Å². The van der Waals surface area contributed by atoms with Gasteiger partial charge in [-0.1, -0.05) is 52.0 Å². The standard InChI is InChI=1S/C18H25N3/c1-11-9-7-8-10-12(11)13-14(20-21(6)16(13)19)15-17(2,3)18(15,4)5/h7-10,15H,19H2,1-6H3. The van der Waals surface area contributed by atoms with Crippen molar-refractivity contribution in [3.63, 3.8) is 0 Å². The SMILES string of the molecule is Cc1ccccc1-c1c(C2C(C)(C)C2(C)C)nn(C)c1N. The third kappa shape index (κ3) is 1.76. The number of nitrogens with zero attached hydrogens (tertiary/aromatic N) is 2. The fraction of sp³-hybridized carbons (Fsp3) is 0.500. The monoisotopic (exact) mass is 283 g/mol. The fourth-order valence-electron chi connectivity index (χ4n) is 3.77. The third-order valence-corrected chi connectivity index (χ3v) is 5.83. The van der Waals surface area contributed by atoms with Crippen molar-refractivity contribution < 1.29 is 0 Å². The van der Waals surface area contributed by atoms with Crippen LogP contribution in [0.2, 0.25) is 0 Å². The van der Waals surface area contributed by atoms with E-state index in [1.165, 1.54) is 11.1 Å². The van der Waals surface area contributed by atoms with Gasteiger partial charge in [-0.15, -0.1) is 0 Å². The van der Waals surface area contributed by atoms with E-state index in [9.17, 15) is 0 Å². The van der Waals surface area contributed by atoms with E-state index in [0.717, 1.165) is 17.1 Å². The first-order chi connectivity index (χ1) is 9.69. The van der Waals surface area contributed by atoms with E-state index in [-0.39, 0.29) is 10.8 Å². The van der Waals surface area contributed by atoms with Crippen molar-refractivity contribution in [3.8, 4) is 11.1 Å². The molecule has 1 saturated carbocycles. The summed E-state index contributed by atoms with van der Waals surface area (Å²) in [7, 11) is 1.93. The van der Waals surface area contributed by atoms with Crippen LogP contribution in [-0.4, -0.2) is 9.78 Å². The molecule has 0 bridgehead atoms. The molecular weight excluding hydrogens is 258 g/mol. The lowest BCUT2D eigenvalue weighted by atomic mass is 9.96. The van der Waals surface area contributed by atoms with Crippen molar-refractivity contribution in [3.05, 3.63) is 35.5 Å². The van der Waals surface area contributed by atoms with Gasteiger partial charge in [0.2, 0.25) is 0 Å². The van der Waals surface area contributed by atoms with Gasteiger partial charge in [-0.25, -0.2) is 0 Å². The quantitative estimate of drug-likeness (QED) is 0.900. The van der Waals surface area contributed by atoms with Crippen molar-refractivity contribution >= 4 is 5.82 Å². The van der Waals surface area contributed by atoms with E-state index in [4.69, 9.17) is 10.8 Å². The number of hydrogen-bond acceptors (Lipinski definition) is 2. The third-order valence-electron chi connectivity index (χ3n) is 5.83. The van der Waals surface area contributed by atoms with E-state index in [2.05, 4.69) is 58.9 Å². The molecule has 0 spiro atoms. The molecule has 0 saturated heterocycles. The van der Waals surface area contributed by atoms with E-state index in [0.29, 0.717) is 5.92 Å². The molecule has 1 aliphatic rings. The molecule has 3 nitrogen and oxygen atoms in total. The molecule has 2 aromatic rings. The number of benzene rings is 1. The number of anilines is 1. The molecule has 112 valence electrons. The normalized spacial score (nSPS) is 19.7. The predicted molar refractivity (Wildman–Crippen MR) is 88.1 cm³/mol. The first kappa shape index (κ1) is 14.2. The Balaban J connectivity index is 2.22. The van der Waals surface area contributed by atoms with Crippen molar-refractivity contribution in [1.82, 2.24) is 9.78 Å². The molecular formula is C18H25N3. The van der Waals surface area contributed by atoms with Gasteiger partial charge in [0.1, 0.15) is 5.82 Å². The van der Waals surface area contributed by atoms with Gasteiger partial charge in [-0.2, -0.15) is 5.10 Å². The number of aryl methyl sites for hydroxylation is 2. The smallest absolute Gasteiger partial charge is 0.129 e. The zero-order valence-electron chi connectivity index (χ0n) is 13.9. The summed E-state index contributed by atoms with van der Waals surface area (Å²) in [6.07, 6.45) is 0. The lowest BCUT2D eigenvalue weighted by molar-refractivity contribution is 0.457. The maximum absolute atomic E-state index is 6.35. The summed E-state index contributed by atoms with van der Waals surface area (Å²) < 4.78 is 1.82. The number of aromatic nitrogens is 2. The molecule has 3 rings (SSSR count). The van der Waals surface area contributed by atoms with E-state index >= 15 is 0 Å². The molecule has 1 aromatic heterocycles. The molecule has 1 heterocycles. The molecule has 3 heteroatoms. The first-order valence-corrected chi connectivity index (χ1v) is 7.58. The first-order valence-electron chi connectivity index (χ1n) is 7.58. The van der Waals surface area contributed by atoms with Crippen molar-refractivity contribution in [2.45, 2.75) is 40.5 Å². The van der Waals surface area contributed by atoms with Gasteiger partial charge in [0.05, 0.1) is 5.69 Å². The van der Waals surface area contributed by atoms with Gasteiger partial charge in [-0.3, -0.25) is 4.68 Å². The van der Waals surface area contributed by atoms with Crippen LogP contribution >= 0.6 is 0 Å². The van der Waals surface area contributed by atoms with Crippen molar-refractivity contribution in [2.75, 3.05) is 5.73 Å². The molecule has 1 aromatic carbocycles. The van der Waals surface area contributed by atoms with Crippen LogP contribution in [0.1, 0.15) is 44.9 Å². The highest BCUT2D eigenvalue weighted by molar-refractivity contribution is 5.80. The summed E-state index contributed by atoms with van der Waals surface area (Å²) in [5.74, 6) is 1.21. The molecule has 0 radical (unpaired) electrons. The van der Waals surface area contributed by atoms with Crippen LogP contribution in [0.5, 0.6) is 0 Å². The van der Waals surface area contributed by atoms with Gasteiger partial charge in [0.25, 0.3) is 0 Å². The highest BCUT2D eigenvalue weighted by atomic mass is 15.3. The zero-order valence-corrected chi connectivity index (χ0v) is 13.9. The maximum atomic E-state index is 6.35. The van der Waals surface area contributed by atoms with Crippen LogP contribution in [0.4, 0.5) is 5.82 Å². The van der Waals surface area contributed by atoms with Crippen LogP contribution in [0, 0.1) is 17.8 Å². The summed E-state index contributed by atoms with van der Waals surface area (Å²) in [5, 5.41) is 4.77. The largest absolute Gasteiger partial charge is 0.383 e.